The monoisotopic (exact) mass is 266 g/mol. The minimum absolute atomic E-state index is 0.0843. The largest absolute Gasteiger partial charge is 0.505 e. The minimum Gasteiger partial charge on any atom is -0.505 e. The van der Waals surface area contributed by atoms with Crippen molar-refractivity contribution in [3.63, 3.8) is 0 Å². The van der Waals surface area contributed by atoms with Crippen molar-refractivity contribution >= 4 is 32.2 Å². The smallest absolute Gasteiger partial charge is 0.229 e. The summed E-state index contributed by atoms with van der Waals surface area (Å²) in [7, 11) is -3.41. The predicted octanol–water partition coefficient (Wildman–Crippen LogP) is 2.31. The number of nitroso groups, excluding NO2 is 1. The molecule has 2 N–H and O–H groups in total. The number of fused-ring (bicyclic) bond motifs is 1. The molecule has 0 bridgehead atoms. The van der Waals surface area contributed by atoms with Crippen LogP contribution in [-0.2, 0) is 10.0 Å². The number of rotatable bonds is 3. The molecule has 0 saturated heterocycles. The van der Waals surface area contributed by atoms with Gasteiger partial charge in [-0.25, -0.2) is 8.42 Å². The third kappa shape index (κ3) is 2.25. The van der Waals surface area contributed by atoms with Crippen LogP contribution in [0, 0.1) is 4.91 Å². The minimum atomic E-state index is -3.41. The van der Waals surface area contributed by atoms with Gasteiger partial charge in [-0.1, -0.05) is 12.1 Å². The normalized spacial score (nSPS) is 11.4. The number of hydrogen-bond acceptors (Lipinski definition) is 5. The fraction of sp³-hybridized carbons (Fsp3) is 0.0909. The van der Waals surface area contributed by atoms with Gasteiger partial charge >= 0.3 is 0 Å². The highest BCUT2D eigenvalue weighted by Crippen LogP contribution is 2.37. The first-order valence-electron chi connectivity index (χ1n) is 4.98. The molecule has 18 heavy (non-hydrogen) atoms. The van der Waals surface area contributed by atoms with E-state index in [1.165, 1.54) is 12.1 Å². The predicted molar refractivity (Wildman–Crippen MR) is 69.5 cm³/mol. The van der Waals surface area contributed by atoms with Gasteiger partial charge in [-0.15, -0.1) is 4.91 Å². The molecule has 0 aromatic heterocycles. The molecule has 0 amide bonds. The van der Waals surface area contributed by atoms with Crippen LogP contribution in [0.4, 0.5) is 11.4 Å². The molecule has 6 nitrogen and oxygen atoms in total. The number of hydrogen-bond donors (Lipinski definition) is 2. The van der Waals surface area contributed by atoms with Gasteiger partial charge in [0.2, 0.25) is 10.0 Å². The van der Waals surface area contributed by atoms with Gasteiger partial charge in [-0.05, 0) is 23.4 Å². The van der Waals surface area contributed by atoms with Gasteiger partial charge in [-0.3, -0.25) is 4.72 Å². The Morgan fingerprint density at radius 1 is 1.17 bits per heavy atom. The zero-order valence-electron chi connectivity index (χ0n) is 9.41. The first-order chi connectivity index (χ1) is 8.42. The number of nitrogens with zero attached hydrogens (tertiary/aromatic N) is 1. The maximum Gasteiger partial charge on any atom is 0.229 e. The Hall–Kier alpha value is -2.15. The number of sulfonamides is 1. The molecule has 7 heteroatoms. The SMILES string of the molecule is CS(=O)(=O)Nc1cccc2c(O)c(N=O)ccc12. The first kappa shape index (κ1) is 12.3. The van der Waals surface area contributed by atoms with Crippen LogP contribution in [0.2, 0.25) is 0 Å². The highest BCUT2D eigenvalue weighted by molar-refractivity contribution is 7.92. The summed E-state index contributed by atoms with van der Waals surface area (Å²) < 4.78 is 24.8. The van der Waals surface area contributed by atoms with Crippen molar-refractivity contribution in [2.75, 3.05) is 11.0 Å². The van der Waals surface area contributed by atoms with Crippen LogP contribution >= 0.6 is 0 Å². The lowest BCUT2D eigenvalue weighted by Gasteiger charge is -2.09. The second kappa shape index (κ2) is 4.26. The fourth-order valence-electron chi connectivity index (χ4n) is 1.69. The van der Waals surface area contributed by atoms with Crippen LogP contribution in [-0.4, -0.2) is 19.8 Å². The Kier molecular flexibility index (Phi) is 2.92. The van der Waals surface area contributed by atoms with E-state index >= 15 is 0 Å². The van der Waals surface area contributed by atoms with E-state index in [0.29, 0.717) is 16.5 Å². The Morgan fingerprint density at radius 2 is 1.89 bits per heavy atom. The third-order valence-electron chi connectivity index (χ3n) is 2.41. The molecule has 2 aromatic rings. The number of benzene rings is 2. The first-order valence-corrected chi connectivity index (χ1v) is 6.87. The molecule has 0 radical (unpaired) electrons. The Balaban J connectivity index is 2.72. The van der Waals surface area contributed by atoms with Gasteiger partial charge in [0.1, 0.15) is 5.69 Å². The van der Waals surface area contributed by atoms with Crippen molar-refractivity contribution in [1.82, 2.24) is 0 Å². The average Bonchev–Trinajstić information content (AvgIpc) is 2.28. The van der Waals surface area contributed by atoms with Crippen LogP contribution in [0.3, 0.4) is 0 Å². The van der Waals surface area contributed by atoms with Crippen molar-refractivity contribution in [3.05, 3.63) is 35.2 Å². The average molecular weight is 266 g/mol. The molecule has 0 saturated carbocycles. The van der Waals surface area contributed by atoms with Gasteiger partial charge in [0, 0.05) is 10.8 Å². The lowest BCUT2D eigenvalue weighted by atomic mass is 10.1. The van der Waals surface area contributed by atoms with Crippen molar-refractivity contribution in [2.24, 2.45) is 5.18 Å². The van der Waals surface area contributed by atoms with Gasteiger partial charge in [-0.2, -0.15) is 0 Å². The number of phenolic OH excluding ortho intramolecular Hbond substituents is 1. The number of phenols is 1. The summed E-state index contributed by atoms with van der Waals surface area (Å²) in [6.45, 7) is 0. The third-order valence-corrected chi connectivity index (χ3v) is 3.00. The molecule has 2 aromatic carbocycles. The molecule has 0 spiro atoms. The summed E-state index contributed by atoms with van der Waals surface area (Å²) in [5.74, 6) is -0.264. The van der Waals surface area contributed by atoms with Gasteiger partial charge in [0.25, 0.3) is 0 Å². The summed E-state index contributed by atoms with van der Waals surface area (Å²) in [5.41, 5.74) is 0.252. The molecule has 0 aliphatic rings. The van der Waals surface area contributed by atoms with Crippen molar-refractivity contribution < 1.29 is 13.5 Å². The second-order valence-corrected chi connectivity index (χ2v) is 5.55. The Labute approximate surface area is 103 Å². The molecular weight excluding hydrogens is 256 g/mol. The highest BCUT2D eigenvalue weighted by atomic mass is 32.2. The van der Waals surface area contributed by atoms with Crippen molar-refractivity contribution in [1.29, 1.82) is 0 Å². The Morgan fingerprint density at radius 3 is 2.50 bits per heavy atom. The lowest BCUT2D eigenvalue weighted by Crippen LogP contribution is -2.09. The zero-order chi connectivity index (χ0) is 13.3. The number of aromatic hydroxyl groups is 1. The number of nitrogens with one attached hydrogen (secondary N) is 1. The zero-order valence-corrected chi connectivity index (χ0v) is 10.2. The molecule has 0 heterocycles. The molecule has 0 aliphatic carbocycles. The number of anilines is 1. The fourth-order valence-corrected chi connectivity index (χ4v) is 2.27. The van der Waals surface area contributed by atoms with E-state index in [4.69, 9.17) is 0 Å². The summed E-state index contributed by atoms with van der Waals surface area (Å²) in [6.07, 6.45) is 1.03. The van der Waals surface area contributed by atoms with Gasteiger partial charge in [0.15, 0.2) is 5.75 Å². The van der Waals surface area contributed by atoms with Crippen LogP contribution in [0.5, 0.6) is 5.75 Å². The summed E-state index contributed by atoms with van der Waals surface area (Å²) in [5, 5.41) is 13.3. The maximum atomic E-state index is 11.2. The van der Waals surface area contributed by atoms with Crippen molar-refractivity contribution in [2.45, 2.75) is 0 Å². The molecule has 2 rings (SSSR count). The van der Waals surface area contributed by atoms with E-state index < -0.39 is 10.0 Å². The van der Waals surface area contributed by atoms with Crippen LogP contribution < -0.4 is 4.72 Å². The summed E-state index contributed by atoms with van der Waals surface area (Å²) >= 11 is 0. The molecule has 0 unspecified atom stereocenters. The topological polar surface area (TPSA) is 95.8 Å². The van der Waals surface area contributed by atoms with Gasteiger partial charge in [0.05, 0.1) is 11.9 Å². The van der Waals surface area contributed by atoms with Crippen LogP contribution in [0.1, 0.15) is 0 Å². The second-order valence-electron chi connectivity index (χ2n) is 3.80. The molecule has 94 valence electrons. The van der Waals surface area contributed by atoms with E-state index in [2.05, 4.69) is 9.90 Å². The quantitative estimate of drug-likeness (QED) is 0.833. The molecule has 0 atom stereocenters. The standard InChI is InChI=1S/C11H10N2O4S/c1-18(16,17)13-9-4-2-3-8-7(9)5-6-10(12-15)11(8)14/h2-6,13-14H,1H3. The molecule has 0 aliphatic heterocycles. The summed E-state index contributed by atoms with van der Waals surface area (Å²) in [4.78, 5) is 10.5. The van der Waals surface area contributed by atoms with Gasteiger partial charge < -0.3 is 5.11 Å². The van der Waals surface area contributed by atoms with Crippen molar-refractivity contribution in [3.8, 4) is 5.75 Å². The lowest BCUT2D eigenvalue weighted by molar-refractivity contribution is 0.483. The molecule has 0 fully saturated rings. The Bertz CT molecular complexity index is 725. The highest BCUT2D eigenvalue weighted by Gasteiger charge is 2.11. The van der Waals surface area contributed by atoms with E-state index in [9.17, 15) is 18.4 Å². The van der Waals surface area contributed by atoms with E-state index in [-0.39, 0.29) is 11.4 Å². The van der Waals surface area contributed by atoms with E-state index in [0.717, 1.165) is 6.26 Å². The summed E-state index contributed by atoms with van der Waals surface area (Å²) in [6, 6.07) is 7.57. The van der Waals surface area contributed by atoms with Crippen LogP contribution in [0.15, 0.2) is 35.5 Å². The van der Waals surface area contributed by atoms with Crippen LogP contribution in [0.25, 0.3) is 10.8 Å². The van der Waals surface area contributed by atoms with E-state index in [1.807, 2.05) is 0 Å². The maximum absolute atomic E-state index is 11.2. The molecular formula is C11H10N2O4S. The van der Waals surface area contributed by atoms with E-state index in [1.54, 1.807) is 18.2 Å².